The molecule has 186 valence electrons. The molecule has 33 heavy (non-hydrogen) atoms. The number of hydrogen-bond acceptors (Lipinski definition) is 4. The number of ether oxygens (including phenoxy) is 1. The largest absolute Gasteiger partial charge is 0.497 e. The molecule has 0 aliphatic heterocycles. The number of nitrogens with one attached hydrogen (secondary N) is 2. The van der Waals surface area contributed by atoms with Crippen LogP contribution in [0.15, 0.2) is 29.3 Å². The fourth-order valence-electron chi connectivity index (χ4n) is 4.15. The van der Waals surface area contributed by atoms with E-state index in [-0.39, 0.29) is 36.1 Å². The lowest BCUT2D eigenvalue weighted by Crippen LogP contribution is -2.43. The molecule has 1 aromatic carbocycles. The lowest BCUT2D eigenvalue weighted by molar-refractivity contribution is 0.224. The van der Waals surface area contributed by atoms with Gasteiger partial charge >= 0.3 is 0 Å². The minimum absolute atomic E-state index is 0. The average Bonchev–Trinajstić information content (AvgIpc) is 3.02. The van der Waals surface area contributed by atoms with Crippen molar-refractivity contribution in [1.29, 1.82) is 0 Å². The third-order valence-corrected chi connectivity index (χ3v) is 6.05. The minimum Gasteiger partial charge on any atom is -0.497 e. The van der Waals surface area contributed by atoms with Crippen molar-refractivity contribution < 1.29 is 4.74 Å². The number of hydrogen-bond donors (Lipinski definition) is 2. The Labute approximate surface area is 217 Å². The first kappa shape index (κ1) is 29.2. The summed E-state index contributed by atoms with van der Waals surface area (Å²) in [5, 5.41) is 11.6. The number of likely N-dealkylation sites (N-methyl/N-ethyl adjacent to an activating group) is 1. The second kappa shape index (κ2) is 14.5. The van der Waals surface area contributed by atoms with Crippen molar-refractivity contribution in [2.45, 2.75) is 60.0 Å². The molecule has 0 saturated carbocycles. The minimum atomic E-state index is 0. The standard InChI is InChI=1S/C25H42N6O.HI/c1-9-26-25(28-18(4)15-23-19(5)29-30(7)20(23)6)27-17-24(31(10-2)11-3)21-13-12-14-22(16-21)32-8;/h12-14,16,18,24H,9-11,15,17H2,1-8H3,(H2,26,27,28);1H. The summed E-state index contributed by atoms with van der Waals surface area (Å²) in [4.78, 5) is 7.42. The van der Waals surface area contributed by atoms with E-state index in [1.165, 1.54) is 16.8 Å². The first-order valence-electron chi connectivity index (χ1n) is 11.8. The Morgan fingerprint density at radius 2 is 1.91 bits per heavy atom. The van der Waals surface area contributed by atoms with Crippen molar-refractivity contribution in [2.24, 2.45) is 12.0 Å². The second-order valence-corrected chi connectivity index (χ2v) is 8.26. The molecule has 2 N–H and O–H groups in total. The van der Waals surface area contributed by atoms with Crippen molar-refractivity contribution >= 4 is 29.9 Å². The predicted molar refractivity (Wildman–Crippen MR) is 149 cm³/mol. The Morgan fingerprint density at radius 3 is 2.45 bits per heavy atom. The molecule has 0 fully saturated rings. The van der Waals surface area contributed by atoms with Crippen molar-refractivity contribution in [3.8, 4) is 5.75 Å². The third-order valence-electron chi connectivity index (χ3n) is 6.05. The van der Waals surface area contributed by atoms with Gasteiger partial charge in [0.15, 0.2) is 5.96 Å². The van der Waals surface area contributed by atoms with Gasteiger partial charge < -0.3 is 15.4 Å². The normalized spacial score (nSPS) is 13.4. The van der Waals surface area contributed by atoms with Crippen LogP contribution in [0.3, 0.4) is 0 Å². The molecule has 0 saturated heterocycles. The van der Waals surface area contributed by atoms with E-state index in [0.29, 0.717) is 6.54 Å². The van der Waals surface area contributed by atoms with Crippen LogP contribution in [0.5, 0.6) is 5.75 Å². The van der Waals surface area contributed by atoms with Crippen molar-refractivity contribution in [3.05, 3.63) is 46.8 Å². The van der Waals surface area contributed by atoms with Crippen LogP contribution in [0.2, 0.25) is 0 Å². The van der Waals surface area contributed by atoms with Gasteiger partial charge in [0.25, 0.3) is 0 Å². The number of aryl methyl sites for hydroxylation is 2. The van der Waals surface area contributed by atoms with Gasteiger partial charge in [0.1, 0.15) is 5.75 Å². The van der Waals surface area contributed by atoms with Gasteiger partial charge in [-0.15, -0.1) is 24.0 Å². The molecular weight excluding hydrogens is 527 g/mol. The number of guanidine groups is 1. The highest BCUT2D eigenvalue weighted by Crippen LogP contribution is 2.24. The molecule has 8 heteroatoms. The van der Waals surface area contributed by atoms with Crippen LogP contribution in [0.4, 0.5) is 0 Å². The molecule has 0 aliphatic rings. The summed E-state index contributed by atoms with van der Waals surface area (Å²) in [5.74, 6) is 1.73. The molecule has 0 bridgehead atoms. The van der Waals surface area contributed by atoms with E-state index in [1.54, 1.807) is 7.11 Å². The van der Waals surface area contributed by atoms with Crippen molar-refractivity contribution in [2.75, 3.05) is 33.3 Å². The highest BCUT2D eigenvalue weighted by molar-refractivity contribution is 14.0. The van der Waals surface area contributed by atoms with Gasteiger partial charge in [-0.05, 0) is 70.5 Å². The smallest absolute Gasteiger partial charge is 0.191 e. The molecule has 2 aromatic rings. The molecule has 2 atom stereocenters. The van der Waals surface area contributed by atoms with Crippen LogP contribution in [0, 0.1) is 13.8 Å². The van der Waals surface area contributed by atoms with Gasteiger partial charge in [0, 0.05) is 25.3 Å². The van der Waals surface area contributed by atoms with E-state index in [2.05, 4.69) is 80.4 Å². The number of nitrogens with zero attached hydrogens (tertiary/aromatic N) is 4. The fraction of sp³-hybridized carbons (Fsp3) is 0.600. The maximum atomic E-state index is 5.46. The van der Waals surface area contributed by atoms with Crippen LogP contribution < -0.4 is 15.4 Å². The zero-order valence-corrected chi connectivity index (χ0v) is 23.9. The first-order chi connectivity index (χ1) is 15.3. The molecule has 1 aromatic heterocycles. The number of methoxy groups -OCH3 is 1. The topological polar surface area (TPSA) is 66.7 Å². The summed E-state index contributed by atoms with van der Waals surface area (Å²) in [5.41, 5.74) is 4.85. The van der Waals surface area contributed by atoms with Gasteiger partial charge in [-0.2, -0.15) is 5.10 Å². The number of halogens is 1. The summed E-state index contributed by atoms with van der Waals surface area (Å²) < 4.78 is 7.42. The molecule has 0 aliphatic carbocycles. The molecule has 2 unspecified atom stereocenters. The molecule has 1 heterocycles. The Balaban J connectivity index is 0.00000544. The molecule has 2 rings (SSSR count). The summed E-state index contributed by atoms with van der Waals surface area (Å²) in [6.45, 7) is 16.3. The highest BCUT2D eigenvalue weighted by atomic mass is 127. The van der Waals surface area contributed by atoms with E-state index in [0.717, 1.165) is 43.5 Å². The molecular formula is C25H43IN6O. The van der Waals surface area contributed by atoms with E-state index in [9.17, 15) is 0 Å². The van der Waals surface area contributed by atoms with Crippen LogP contribution in [-0.2, 0) is 13.5 Å². The van der Waals surface area contributed by atoms with Crippen LogP contribution in [0.25, 0.3) is 0 Å². The SMILES string of the molecule is CCNC(=NCC(c1cccc(OC)c1)N(CC)CC)NC(C)Cc1c(C)nn(C)c1C.I. The Morgan fingerprint density at radius 1 is 1.21 bits per heavy atom. The third kappa shape index (κ3) is 8.17. The van der Waals surface area contributed by atoms with Gasteiger partial charge in [-0.3, -0.25) is 14.6 Å². The zero-order chi connectivity index (χ0) is 23.7. The molecule has 0 spiro atoms. The summed E-state index contributed by atoms with van der Waals surface area (Å²) >= 11 is 0. The fourth-order valence-corrected chi connectivity index (χ4v) is 4.15. The number of aliphatic imine (C=N–C) groups is 1. The zero-order valence-electron chi connectivity index (χ0n) is 21.6. The second-order valence-electron chi connectivity index (χ2n) is 8.26. The Kier molecular flexibility index (Phi) is 12.8. The van der Waals surface area contributed by atoms with Crippen LogP contribution in [-0.4, -0.2) is 60.0 Å². The van der Waals surface area contributed by atoms with Gasteiger partial charge in [0.05, 0.1) is 25.4 Å². The summed E-state index contributed by atoms with van der Waals surface area (Å²) in [6.07, 6.45) is 0.908. The molecule has 0 amide bonds. The number of rotatable bonds is 11. The Hall–Kier alpha value is -1.81. The average molecular weight is 571 g/mol. The van der Waals surface area contributed by atoms with Crippen molar-refractivity contribution in [3.63, 3.8) is 0 Å². The maximum Gasteiger partial charge on any atom is 0.191 e. The van der Waals surface area contributed by atoms with E-state index in [4.69, 9.17) is 9.73 Å². The lowest BCUT2D eigenvalue weighted by Gasteiger charge is -2.29. The maximum absolute atomic E-state index is 5.46. The summed E-state index contributed by atoms with van der Waals surface area (Å²) in [6, 6.07) is 8.75. The van der Waals surface area contributed by atoms with Gasteiger partial charge in [-0.25, -0.2) is 0 Å². The Bertz CT molecular complexity index is 878. The first-order valence-corrected chi connectivity index (χ1v) is 11.8. The van der Waals surface area contributed by atoms with Crippen LogP contribution >= 0.6 is 24.0 Å². The van der Waals surface area contributed by atoms with Crippen molar-refractivity contribution in [1.82, 2.24) is 25.3 Å². The number of aromatic nitrogens is 2. The van der Waals surface area contributed by atoms with Crippen LogP contribution in [0.1, 0.15) is 56.3 Å². The van der Waals surface area contributed by atoms with E-state index >= 15 is 0 Å². The molecule has 0 radical (unpaired) electrons. The number of benzene rings is 1. The monoisotopic (exact) mass is 570 g/mol. The highest BCUT2D eigenvalue weighted by Gasteiger charge is 2.19. The summed E-state index contributed by atoms with van der Waals surface area (Å²) in [7, 11) is 3.71. The van der Waals surface area contributed by atoms with Gasteiger partial charge in [0.2, 0.25) is 0 Å². The van der Waals surface area contributed by atoms with Gasteiger partial charge in [-0.1, -0.05) is 26.0 Å². The lowest BCUT2D eigenvalue weighted by atomic mass is 10.0. The molecule has 7 nitrogen and oxygen atoms in total. The quantitative estimate of drug-likeness (QED) is 0.241. The predicted octanol–water partition coefficient (Wildman–Crippen LogP) is 4.23. The van der Waals surface area contributed by atoms with E-state index in [1.807, 2.05) is 17.8 Å². The van der Waals surface area contributed by atoms with E-state index < -0.39 is 0 Å².